The van der Waals surface area contributed by atoms with E-state index in [1.54, 1.807) is 0 Å². The van der Waals surface area contributed by atoms with Gasteiger partial charge in [-0.05, 0) is 18.2 Å². The second-order valence-electron chi connectivity index (χ2n) is 3.97. The van der Waals surface area contributed by atoms with Gasteiger partial charge in [0.15, 0.2) is 0 Å². The average Bonchev–Trinajstić information content (AvgIpc) is 2.27. The van der Waals surface area contributed by atoms with Gasteiger partial charge >= 0.3 is 0 Å². The minimum absolute atomic E-state index is 0.181. The molecule has 0 unspecified atom stereocenters. The van der Waals surface area contributed by atoms with Gasteiger partial charge < -0.3 is 11.1 Å². The highest BCUT2D eigenvalue weighted by Gasteiger charge is 2.15. The molecule has 1 amide bonds. The van der Waals surface area contributed by atoms with Gasteiger partial charge in [0, 0.05) is 18.8 Å². The van der Waals surface area contributed by atoms with Crippen molar-refractivity contribution in [1.29, 1.82) is 0 Å². The molecule has 0 aliphatic heterocycles. The highest BCUT2D eigenvalue weighted by Crippen LogP contribution is 2.09. The Balaban J connectivity index is 2.52. The SMILES string of the molecule is NCCN(CC(=O)Nc1cccc(F)c1)CC(F)F. The second kappa shape index (κ2) is 7.75. The summed E-state index contributed by atoms with van der Waals surface area (Å²) in [6.07, 6.45) is -2.53. The number of nitrogens with two attached hydrogens (primary N) is 1. The van der Waals surface area contributed by atoms with Crippen molar-refractivity contribution in [1.82, 2.24) is 4.90 Å². The molecule has 1 aromatic carbocycles. The Kier molecular flexibility index (Phi) is 6.31. The van der Waals surface area contributed by atoms with Crippen LogP contribution in [0.25, 0.3) is 0 Å². The molecule has 0 saturated heterocycles. The van der Waals surface area contributed by atoms with Gasteiger partial charge in [-0.1, -0.05) is 6.07 Å². The van der Waals surface area contributed by atoms with Crippen molar-refractivity contribution in [2.24, 2.45) is 5.73 Å². The molecule has 1 rings (SSSR count). The van der Waals surface area contributed by atoms with E-state index >= 15 is 0 Å². The third kappa shape index (κ3) is 6.21. The number of nitrogens with zero attached hydrogens (tertiary/aromatic N) is 1. The third-order valence-electron chi connectivity index (χ3n) is 2.32. The van der Waals surface area contributed by atoms with Crippen LogP contribution >= 0.6 is 0 Å². The van der Waals surface area contributed by atoms with Gasteiger partial charge in [-0.2, -0.15) is 0 Å². The van der Waals surface area contributed by atoms with Gasteiger partial charge in [-0.3, -0.25) is 9.69 Å². The molecule has 0 aliphatic rings. The van der Waals surface area contributed by atoms with Crippen LogP contribution in [-0.4, -0.2) is 43.4 Å². The molecule has 0 fully saturated rings. The summed E-state index contributed by atoms with van der Waals surface area (Å²) in [5, 5.41) is 2.44. The van der Waals surface area contributed by atoms with Crippen molar-refractivity contribution >= 4 is 11.6 Å². The van der Waals surface area contributed by atoms with E-state index in [1.807, 2.05) is 0 Å². The van der Waals surface area contributed by atoms with Crippen LogP contribution in [0.5, 0.6) is 0 Å². The summed E-state index contributed by atoms with van der Waals surface area (Å²) in [7, 11) is 0. The molecule has 0 aliphatic carbocycles. The molecule has 106 valence electrons. The first kappa shape index (κ1) is 15.5. The first-order valence-electron chi connectivity index (χ1n) is 5.77. The maximum Gasteiger partial charge on any atom is 0.251 e. The number of rotatable bonds is 7. The highest BCUT2D eigenvalue weighted by molar-refractivity contribution is 5.92. The number of amides is 1. The molecule has 4 nitrogen and oxygen atoms in total. The molecule has 0 aromatic heterocycles. The van der Waals surface area contributed by atoms with Crippen LogP contribution in [0.4, 0.5) is 18.9 Å². The molecule has 1 aromatic rings. The van der Waals surface area contributed by atoms with Crippen LogP contribution < -0.4 is 11.1 Å². The Morgan fingerprint density at radius 2 is 2.16 bits per heavy atom. The van der Waals surface area contributed by atoms with E-state index in [1.165, 1.54) is 23.1 Å². The fourth-order valence-electron chi connectivity index (χ4n) is 1.58. The Morgan fingerprint density at radius 3 is 2.74 bits per heavy atom. The third-order valence-corrected chi connectivity index (χ3v) is 2.32. The number of anilines is 1. The highest BCUT2D eigenvalue weighted by atomic mass is 19.3. The summed E-state index contributed by atoms with van der Waals surface area (Å²) < 4.78 is 37.4. The summed E-state index contributed by atoms with van der Waals surface area (Å²) in [5.74, 6) is -0.969. The van der Waals surface area contributed by atoms with E-state index in [-0.39, 0.29) is 25.3 Å². The first-order chi connectivity index (χ1) is 9.01. The summed E-state index contributed by atoms with van der Waals surface area (Å²) in [5.41, 5.74) is 5.57. The minimum Gasteiger partial charge on any atom is -0.329 e. The van der Waals surface area contributed by atoms with Crippen molar-refractivity contribution < 1.29 is 18.0 Å². The van der Waals surface area contributed by atoms with Crippen LogP contribution in [0.3, 0.4) is 0 Å². The lowest BCUT2D eigenvalue weighted by Gasteiger charge is -2.20. The van der Waals surface area contributed by atoms with E-state index < -0.39 is 24.7 Å². The number of carbonyl (C=O) groups excluding carboxylic acids is 1. The smallest absolute Gasteiger partial charge is 0.251 e. The predicted molar refractivity (Wildman–Crippen MR) is 66.5 cm³/mol. The standard InChI is InChI=1S/C12H16F3N3O/c13-9-2-1-3-10(6-9)17-12(19)8-18(5-4-16)7-11(14)15/h1-3,6,11H,4-5,7-8,16H2,(H,17,19). The van der Waals surface area contributed by atoms with Gasteiger partial charge in [0.2, 0.25) is 5.91 Å². The zero-order chi connectivity index (χ0) is 14.3. The van der Waals surface area contributed by atoms with Gasteiger partial charge in [0.1, 0.15) is 5.82 Å². The molecule has 19 heavy (non-hydrogen) atoms. The molecule has 0 bridgehead atoms. The van der Waals surface area contributed by atoms with Crippen molar-refractivity contribution in [2.75, 3.05) is 31.5 Å². The van der Waals surface area contributed by atoms with E-state index in [9.17, 15) is 18.0 Å². The monoisotopic (exact) mass is 275 g/mol. The van der Waals surface area contributed by atoms with Gasteiger partial charge in [0.05, 0.1) is 13.1 Å². The van der Waals surface area contributed by atoms with E-state index in [2.05, 4.69) is 5.32 Å². The number of hydrogen-bond acceptors (Lipinski definition) is 3. The maximum absolute atomic E-state index is 12.9. The van der Waals surface area contributed by atoms with Crippen molar-refractivity contribution in [3.8, 4) is 0 Å². The fourth-order valence-corrected chi connectivity index (χ4v) is 1.58. The van der Waals surface area contributed by atoms with E-state index in [0.29, 0.717) is 0 Å². The van der Waals surface area contributed by atoms with Crippen LogP contribution in [0, 0.1) is 5.82 Å². The zero-order valence-corrected chi connectivity index (χ0v) is 10.3. The number of carbonyl (C=O) groups is 1. The summed E-state index contributed by atoms with van der Waals surface area (Å²) in [4.78, 5) is 12.9. The van der Waals surface area contributed by atoms with Crippen molar-refractivity contribution in [3.05, 3.63) is 30.1 Å². The van der Waals surface area contributed by atoms with Crippen LogP contribution in [-0.2, 0) is 4.79 Å². The quantitative estimate of drug-likeness (QED) is 0.788. The molecule has 0 spiro atoms. The summed E-state index contributed by atoms with van der Waals surface area (Å²) in [6.45, 7) is -0.354. The molecule has 3 N–H and O–H groups in total. The second-order valence-corrected chi connectivity index (χ2v) is 3.97. The number of nitrogens with one attached hydrogen (secondary N) is 1. The van der Waals surface area contributed by atoms with Crippen molar-refractivity contribution in [2.45, 2.75) is 6.43 Å². The summed E-state index contributed by atoms with van der Waals surface area (Å²) >= 11 is 0. The fraction of sp³-hybridized carbons (Fsp3) is 0.417. The van der Waals surface area contributed by atoms with E-state index in [4.69, 9.17) is 5.73 Å². The van der Waals surface area contributed by atoms with E-state index in [0.717, 1.165) is 6.07 Å². The zero-order valence-electron chi connectivity index (χ0n) is 10.3. The van der Waals surface area contributed by atoms with Crippen LogP contribution in [0.1, 0.15) is 0 Å². The normalized spacial score (nSPS) is 11.1. The largest absolute Gasteiger partial charge is 0.329 e. The maximum atomic E-state index is 12.9. The lowest BCUT2D eigenvalue weighted by molar-refractivity contribution is -0.117. The van der Waals surface area contributed by atoms with Gasteiger partial charge in [0.25, 0.3) is 6.43 Å². The topological polar surface area (TPSA) is 58.4 Å². The molecule has 0 radical (unpaired) electrons. The lowest BCUT2D eigenvalue weighted by atomic mass is 10.3. The predicted octanol–water partition coefficient (Wildman–Crippen LogP) is 1.29. The van der Waals surface area contributed by atoms with Crippen LogP contribution in [0.2, 0.25) is 0 Å². The molecule has 7 heteroatoms. The van der Waals surface area contributed by atoms with Gasteiger partial charge in [-0.25, -0.2) is 13.2 Å². The number of hydrogen-bond donors (Lipinski definition) is 2. The minimum atomic E-state index is -2.53. The number of alkyl halides is 2. The van der Waals surface area contributed by atoms with Gasteiger partial charge in [-0.15, -0.1) is 0 Å². The average molecular weight is 275 g/mol. The Bertz CT molecular complexity index is 415. The first-order valence-corrected chi connectivity index (χ1v) is 5.77. The van der Waals surface area contributed by atoms with Crippen molar-refractivity contribution in [3.63, 3.8) is 0 Å². The Hall–Kier alpha value is -1.60. The lowest BCUT2D eigenvalue weighted by Crippen LogP contribution is -2.39. The van der Waals surface area contributed by atoms with Crippen LogP contribution in [0.15, 0.2) is 24.3 Å². The number of benzene rings is 1. The Morgan fingerprint density at radius 1 is 1.42 bits per heavy atom. The summed E-state index contributed by atoms with van der Waals surface area (Å²) in [6, 6.07) is 5.36. The Labute approximate surface area is 109 Å². The molecular weight excluding hydrogens is 259 g/mol. The molecule has 0 saturated carbocycles. The molecular formula is C12H16F3N3O. The number of halogens is 3. The molecule has 0 atom stereocenters. The molecule has 0 heterocycles.